The van der Waals surface area contributed by atoms with E-state index in [0.29, 0.717) is 24.6 Å². The van der Waals surface area contributed by atoms with Crippen LogP contribution in [-0.2, 0) is 17.8 Å². The molecule has 0 radical (unpaired) electrons. The van der Waals surface area contributed by atoms with E-state index in [1.165, 1.54) is 12.1 Å². The number of amides is 2. The predicted octanol–water partition coefficient (Wildman–Crippen LogP) is 1.96. The maximum Gasteiger partial charge on any atom is 0.251 e. The lowest BCUT2D eigenvalue weighted by Crippen LogP contribution is -2.38. The van der Waals surface area contributed by atoms with Gasteiger partial charge in [0, 0.05) is 18.7 Å². The number of carbonyl (C=O) groups is 2. The van der Waals surface area contributed by atoms with E-state index < -0.39 is 5.91 Å². The Morgan fingerprint density at radius 3 is 2.20 bits per heavy atom. The third-order valence-electron chi connectivity index (χ3n) is 4.02. The van der Waals surface area contributed by atoms with E-state index in [-0.39, 0.29) is 42.2 Å². The summed E-state index contributed by atoms with van der Waals surface area (Å²) in [5.41, 5.74) is 7.44. The molecule has 0 atom stereocenters. The number of aliphatic imine (C=N–C) groups is 1. The van der Waals surface area contributed by atoms with E-state index in [1.54, 1.807) is 24.3 Å². The molecule has 0 saturated carbocycles. The molecule has 2 amide bonds. The zero-order valence-electron chi connectivity index (χ0n) is 16.8. The van der Waals surface area contributed by atoms with Crippen LogP contribution in [0.3, 0.4) is 0 Å². The summed E-state index contributed by atoms with van der Waals surface area (Å²) in [6, 6.07) is 13.4. The topological polar surface area (TPSA) is 109 Å². The van der Waals surface area contributed by atoms with Gasteiger partial charge in [-0.25, -0.2) is 9.38 Å². The molecule has 0 spiro atoms. The van der Waals surface area contributed by atoms with Gasteiger partial charge in [0.1, 0.15) is 5.82 Å². The molecule has 30 heavy (non-hydrogen) atoms. The first-order valence-corrected chi connectivity index (χ1v) is 9.40. The normalized spacial score (nSPS) is 10.7. The number of nitrogens with zero attached hydrogens (tertiary/aromatic N) is 1. The zero-order valence-corrected chi connectivity index (χ0v) is 19.1. The molecule has 2 aromatic rings. The summed E-state index contributed by atoms with van der Waals surface area (Å²) in [5, 5.41) is 8.87. The van der Waals surface area contributed by atoms with Crippen LogP contribution in [0.5, 0.6) is 0 Å². The number of guanidine groups is 1. The van der Waals surface area contributed by atoms with Crippen LogP contribution in [0.15, 0.2) is 53.5 Å². The van der Waals surface area contributed by atoms with Gasteiger partial charge < -0.3 is 21.7 Å². The minimum absolute atomic E-state index is 0. The van der Waals surface area contributed by atoms with E-state index >= 15 is 0 Å². The smallest absolute Gasteiger partial charge is 0.251 e. The Labute approximate surface area is 192 Å². The quantitative estimate of drug-likeness (QED) is 0.227. The van der Waals surface area contributed by atoms with Crippen LogP contribution in [-0.4, -0.2) is 37.4 Å². The molecule has 0 bridgehead atoms. The Bertz CT molecular complexity index is 841. The number of carbonyl (C=O) groups excluding carboxylic acids is 2. The predicted molar refractivity (Wildman–Crippen MR) is 126 cm³/mol. The largest absolute Gasteiger partial charge is 0.368 e. The molecular weight excluding hydrogens is 500 g/mol. The van der Waals surface area contributed by atoms with Crippen molar-refractivity contribution in [2.75, 3.05) is 19.6 Å². The molecule has 2 aromatic carbocycles. The highest BCUT2D eigenvalue weighted by Gasteiger charge is 2.06. The Morgan fingerprint density at radius 1 is 0.967 bits per heavy atom. The number of halogens is 2. The highest BCUT2D eigenvalue weighted by molar-refractivity contribution is 14.0. The summed E-state index contributed by atoms with van der Waals surface area (Å²) in [5.74, 6) is -0.507. The fourth-order valence-electron chi connectivity index (χ4n) is 2.52. The van der Waals surface area contributed by atoms with Gasteiger partial charge in [0.2, 0.25) is 5.91 Å². The number of primary amides is 1. The van der Waals surface area contributed by atoms with E-state index in [0.717, 1.165) is 24.1 Å². The average molecular weight is 527 g/mol. The molecule has 0 aliphatic heterocycles. The number of hydrogen-bond donors (Lipinski definition) is 4. The molecule has 2 rings (SSSR count). The van der Waals surface area contributed by atoms with Crippen LogP contribution in [0.4, 0.5) is 4.39 Å². The lowest BCUT2D eigenvalue weighted by Gasteiger charge is -2.11. The molecule has 0 saturated heterocycles. The lowest BCUT2D eigenvalue weighted by atomic mass is 10.1. The minimum atomic E-state index is -0.591. The lowest BCUT2D eigenvalue weighted by molar-refractivity contribution is -0.117. The summed E-state index contributed by atoms with van der Waals surface area (Å²) in [6.07, 6.45) is 0.750. The summed E-state index contributed by atoms with van der Waals surface area (Å²) in [7, 11) is 0. The second kappa shape index (κ2) is 13.5. The monoisotopic (exact) mass is 527 g/mol. The van der Waals surface area contributed by atoms with Gasteiger partial charge in [-0.1, -0.05) is 24.3 Å². The Morgan fingerprint density at radius 2 is 1.60 bits per heavy atom. The maximum absolute atomic E-state index is 13.0. The van der Waals surface area contributed by atoms with Crippen molar-refractivity contribution in [3.05, 3.63) is 71.0 Å². The SMILES string of the molecule is CCNC(=NCc1ccc(C(=O)NCC(N)=O)cc1)NCCc1ccc(F)cc1.I. The molecule has 5 N–H and O–H groups in total. The van der Waals surface area contributed by atoms with Gasteiger partial charge in [-0.05, 0) is 48.7 Å². The fraction of sp³-hybridized carbons (Fsp3) is 0.286. The molecule has 0 aliphatic rings. The first-order valence-electron chi connectivity index (χ1n) is 9.40. The first-order chi connectivity index (χ1) is 14.0. The van der Waals surface area contributed by atoms with E-state index in [1.807, 2.05) is 19.1 Å². The van der Waals surface area contributed by atoms with Crippen molar-refractivity contribution in [3.63, 3.8) is 0 Å². The first kappa shape index (κ1) is 25.3. The van der Waals surface area contributed by atoms with Crippen LogP contribution < -0.4 is 21.7 Å². The third kappa shape index (κ3) is 9.21. The highest BCUT2D eigenvalue weighted by atomic mass is 127. The minimum Gasteiger partial charge on any atom is -0.368 e. The number of nitrogens with two attached hydrogens (primary N) is 1. The van der Waals surface area contributed by atoms with Crippen LogP contribution in [0.2, 0.25) is 0 Å². The maximum atomic E-state index is 13.0. The number of benzene rings is 2. The van der Waals surface area contributed by atoms with Crippen LogP contribution in [0.25, 0.3) is 0 Å². The molecule has 0 heterocycles. The van der Waals surface area contributed by atoms with Crippen LogP contribution >= 0.6 is 24.0 Å². The van der Waals surface area contributed by atoms with Crippen molar-refractivity contribution in [2.24, 2.45) is 10.7 Å². The van der Waals surface area contributed by atoms with Crippen LogP contribution in [0.1, 0.15) is 28.4 Å². The number of rotatable bonds is 9. The van der Waals surface area contributed by atoms with Gasteiger partial charge >= 0.3 is 0 Å². The second-order valence-electron chi connectivity index (χ2n) is 6.34. The molecular formula is C21H27FIN5O2. The van der Waals surface area contributed by atoms with E-state index in [9.17, 15) is 14.0 Å². The van der Waals surface area contributed by atoms with Gasteiger partial charge in [-0.15, -0.1) is 24.0 Å². The molecule has 162 valence electrons. The fourth-order valence-corrected chi connectivity index (χ4v) is 2.52. The van der Waals surface area contributed by atoms with Crippen molar-refractivity contribution >= 4 is 41.8 Å². The molecule has 0 aromatic heterocycles. The van der Waals surface area contributed by atoms with Crippen LogP contribution in [0, 0.1) is 5.82 Å². The molecule has 0 unspecified atom stereocenters. The summed E-state index contributed by atoms with van der Waals surface area (Å²) in [4.78, 5) is 27.1. The van der Waals surface area contributed by atoms with Gasteiger partial charge in [-0.3, -0.25) is 9.59 Å². The van der Waals surface area contributed by atoms with Crippen molar-refractivity contribution in [2.45, 2.75) is 19.9 Å². The molecule has 0 aliphatic carbocycles. The van der Waals surface area contributed by atoms with E-state index in [4.69, 9.17) is 5.73 Å². The van der Waals surface area contributed by atoms with Crippen molar-refractivity contribution < 1.29 is 14.0 Å². The summed E-state index contributed by atoms with van der Waals surface area (Å²) < 4.78 is 13.0. The summed E-state index contributed by atoms with van der Waals surface area (Å²) >= 11 is 0. The number of hydrogen-bond acceptors (Lipinski definition) is 3. The number of nitrogens with one attached hydrogen (secondary N) is 3. The van der Waals surface area contributed by atoms with E-state index in [2.05, 4.69) is 20.9 Å². The Hall–Kier alpha value is -2.69. The average Bonchev–Trinajstić information content (AvgIpc) is 2.72. The van der Waals surface area contributed by atoms with Gasteiger partial charge in [0.25, 0.3) is 5.91 Å². The van der Waals surface area contributed by atoms with Crippen molar-refractivity contribution in [1.29, 1.82) is 0 Å². The standard InChI is InChI=1S/C21H26FN5O2.HI/c1-2-24-21(25-12-11-15-5-9-18(22)10-6-15)27-13-16-3-7-17(8-4-16)20(29)26-14-19(23)28;/h3-10H,2,11-14H2,1H3,(H2,23,28)(H,26,29)(H2,24,25,27);1H. The second-order valence-corrected chi connectivity index (χ2v) is 6.34. The third-order valence-corrected chi connectivity index (χ3v) is 4.02. The molecule has 0 fully saturated rings. The zero-order chi connectivity index (χ0) is 21.1. The highest BCUT2D eigenvalue weighted by Crippen LogP contribution is 2.06. The van der Waals surface area contributed by atoms with Crippen molar-refractivity contribution in [1.82, 2.24) is 16.0 Å². The van der Waals surface area contributed by atoms with Gasteiger partial charge in [0.05, 0.1) is 13.1 Å². The Balaban J connectivity index is 0.00000450. The van der Waals surface area contributed by atoms with Gasteiger partial charge in [0.15, 0.2) is 5.96 Å². The summed E-state index contributed by atoms with van der Waals surface area (Å²) in [6.45, 7) is 3.62. The Kier molecular flexibility index (Phi) is 11.4. The van der Waals surface area contributed by atoms with Gasteiger partial charge in [-0.2, -0.15) is 0 Å². The molecule has 9 heteroatoms. The van der Waals surface area contributed by atoms with Crippen molar-refractivity contribution in [3.8, 4) is 0 Å². The molecule has 7 nitrogen and oxygen atoms in total.